The first-order valence-corrected chi connectivity index (χ1v) is 6.56. The normalized spacial score (nSPS) is 10.1. The van der Waals surface area contributed by atoms with Crippen molar-refractivity contribution in [1.29, 1.82) is 0 Å². The number of carbonyl (C=O) groups excluding carboxylic acids is 1. The van der Waals surface area contributed by atoms with Crippen molar-refractivity contribution in [1.82, 2.24) is 15.0 Å². The Kier molecular flexibility index (Phi) is 4.84. The van der Waals surface area contributed by atoms with Crippen LogP contribution >= 0.6 is 11.6 Å². The number of anilines is 2. The molecule has 20 heavy (non-hydrogen) atoms. The van der Waals surface area contributed by atoms with Crippen LogP contribution in [0.3, 0.4) is 0 Å². The zero-order chi connectivity index (χ0) is 14.4. The smallest absolute Gasteiger partial charge is 0.277 e. The van der Waals surface area contributed by atoms with Crippen LogP contribution in [0.1, 0.15) is 23.8 Å². The molecule has 2 aromatic heterocycles. The van der Waals surface area contributed by atoms with Crippen molar-refractivity contribution >= 4 is 29.1 Å². The van der Waals surface area contributed by atoms with Crippen molar-refractivity contribution < 1.29 is 4.79 Å². The van der Waals surface area contributed by atoms with Gasteiger partial charge in [0.05, 0.1) is 17.4 Å². The lowest BCUT2D eigenvalue weighted by atomic mass is 10.4. The molecular weight excluding hydrogens is 278 g/mol. The van der Waals surface area contributed by atoms with Crippen LogP contribution in [0.15, 0.2) is 30.7 Å². The standard InChI is InChI=1S/C13H14ClN5O/c1-2-5-15-11-8-17-10(7-18-11)13(20)19-12-9(14)4-3-6-16-12/h3-4,6-8H,2,5H2,1H3,(H,15,18)(H,16,19,20). The Balaban J connectivity index is 2.04. The van der Waals surface area contributed by atoms with E-state index in [-0.39, 0.29) is 5.69 Å². The van der Waals surface area contributed by atoms with Crippen LogP contribution in [-0.4, -0.2) is 27.4 Å². The third-order valence-electron chi connectivity index (χ3n) is 2.43. The van der Waals surface area contributed by atoms with Crippen LogP contribution in [0, 0.1) is 0 Å². The fraction of sp³-hybridized carbons (Fsp3) is 0.231. The molecule has 2 N–H and O–H groups in total. The number of nitrogens with zero attached hydrogens (tertiary/aromatic N) is 3. The quantitative estimate of drug-likeness (QED) is 0.885. The lowest BCUT2D eigenvalue weighted by Crippen LogP contribution is -2.15. The fourth-order valence-corrected chi connectivity index (χ4v) is 1.61. The third-order valence-corrected chi connectivity index (χ3v) is 2.74. The van der Waals surface area contributed by atoms with Gasteiger partial charge < -0.3 is 10.6 Å². The SMILES string of the molecule is CCCNc1cnc(C(=O)Nc2ncccc2Cl)cn1. The Labute approximate surface area is 121 Å². The number of nitrogens with one attached hydrogen (secondary N) is 2. The van der Waals surface area contributed by atoms with Gasteiger partial charge in [-0.2, -0.15) is 0 Å². The van der Waals surface area contributed by atoms with Gasteiger partial charge in [0.1, 0.15) is 11.5 Å². The zero-order valence-electron chi connectivity index (χ0n) is 10.9. The first kappa shape index (κ1) is 14.2. The van der Waals surface area contributed by atoms with Gasteiger partial charge in [-0.05, 0) is 18.6 Å². The summed E-state index contributed by atoms with van der Waals surface area (Å²) in [5.74, 6) is 0.536. The Morgan fingerprint density at radius 2 is 2.15 bits per heavy atom. The molecule has 0 saturated carbocycles. The van der Waals surface area contributed by atoms with Gasteiger partial charge in [0.25, 0.3) is 5.91 Å². The van der Waals surface area contributed by atoms with E-state index in [1.165, 1.54) is 12.4 Å². The maximum atomic E-state index is 12.0. The van der Waals surface area contributed by atoms with Gasteiger partial charge in [-0.3, -0.25) is 4.79 Å². The van der Waals surface area contributed by atoms with Crippen molar-refractivity contribution in [3.63, 3.8) is 0 Å². The van der Waals surface area contributed by atoms with E-state index in [2.05, 4.69) is 32.5 Å². The first-order chi connectivity index (χ1) is 9.70. The maximum Gasteiger partial charge on any atom is 0.277 e. The van der Waals surface area contributed by atoms with Crippen molar-refractivity contribution in [2.75, 3.05) is 17.2 Å². The molecule has 104 valence electrons. The van der Waals surface area contributed by atoms with Gasteiger partial charge in [-0.25, -0.2) is 15.0 Å². The van der Waals surface area contributed by atoms with E-state index in [0.717, 1.165) is 13.0 Å². The average Bonchev–Trinajstić information content (AvgIpc) is 2.48. The molecule has 0 fully saturated rings. The lowest BCUT2D eigenvalue weighted by molar-refractivity contribution is 0.102. The summed E-state index contributed by atoms with van der Waals surface area (Å²) in [6.45, 7) is 2.86. The summed E-state index contributed by atoms with van der Waals surface area (Å²) in [5, 5.41) is 6.04. The van der Waals surface area contributed by atoms with Gasteiger partial charge in [-0.15, -0.1) is 0 Å². The molecule has 2 aromatic rings. The number of aromatic nitrogens is 3. The molecule has 1 amide bonds. The van der Waals surface area contributed by atoms with Crippen LogP contribution in [0.2, 0.25) is 5.02 Å². The molecule has 2 heterocycles. The van der Waals surface area contributed by atoms with Crippen molar-refractivity contribution in [2.24, 2.45) is 0 Å². The summed E-state index contributed by atoms with van der Waals surface area (Å²) in [4.78, 5) is 24.1. The predicted octanol–water partition coefficient (Wildman–Crippen LogP) is 2.60. The Morgan fingerprint density at radius 3 is 2.80 bits per heavy atom. The number of hydrogen-bond donors (Lipinski definition) is 2. The van der Waals surface area contributed by atoms with E-state index in [4.69, 9.17) is 11.6 Å². The van der Waals surface area contributed by atoms with Crippen LogP contribution in [0.5, 0.6) is 0 Å². The summed E-state index contributed by atoms with van der Waals surface area (Å²) in [6, 6.07) is 3.33. The highest BCUT2D eigenvalue weighted by Gasteiger charge is 2.11. The second-order valence-corrected chi connectivity index (χ2v) is 4.41. The zero-order valence-corrected chi connectivity index (χ0v) is 11.7. The minimum Gasteiger partial charge on any atom is -0.369 e. The van der Waals surface area contributed by atoms with Crippen molar-refractivity contribution in [3.8, 4) is 0 Å². The average molecular weight is 292 g/mol. The second kappa shape index (κ2) is 6.81. The topological polar surface area (TPSA) is 79.8 Å². The monoisotopic (exact) mass is 291 g/mol. The van der Waals surface area contributed by atoms with Crippen molar-refractivity contribution in [3.05, 3.63) is 41.4 Å². The molecule has 0 unspecified atom stereocenters. The van der Waals surface area contributed by atoms with E-state index < -0.39 is 5.91 Å². The highest BCUT2D eigenvalue weighted by molar-refractivity contribution is 6.33. The fourth-order valence-electron chi connectivity index (χ4n) is 1.44. The number of halogens is 1. The molecule has 6 nitrogen and oxygen atoms in total. The summed E-state index contributed by atoms with van der Waals surface area (Å²) in [7, 11) is 0. The largest absolute Gasteiger partial charge is 0.369 e. The number of rotatable bonds is 5. The van der Waals surface area contributed by atoms with Crippen molar-refractivity contribution in [2.45, 2.75) is 13.3 Å². The molecule has 7 heteroatoms. The highest BCUT2D eigenvalue weighted by Crippen LogP contribution is 2.17. The number of hydrogen-bond acceptors (Lipinski definition) is 5. The van der Waals surface area contributed by atoms with Gasteiger partial charge >= 0.3 is 0 Å². The molecule has 0 aliphatic carbocycles. The van der Waals surface area contributed by atoms with Crippen LogP contribution in [-0.2, 0) is 0 Å². The molecule has 0 bridgehead atoms. The summed E-state index contributed by atoms with van der Waals surface area (Å²) in [6.07, 6.45) is 5.46. The molecule has 0 aliphatic rings. The highest BCUT2D eigenvalue weighted by atomic mass is 35.5. The molecule has 0 saturated heterocycles. The second-order valence-electron chi connectivity index (χ2n) is 4.00. The first-order valence-electron chi connectivity index (χ1n) is 6.18. The van der Waals surface area contributed by atoms with Gasteiger partial charge in [0.2, 0.25) is 0 Å². The lowest BCUT2D eigenvalue weighted by Gasteiger charge is -2.06. The Morgan fingerprint density at radius 1 is 1.30 bits per heavy atom. The number of carbonyl (C=O) groups is 1. The minimum atomic E-state index is -0.403. The summed E-state index contributed by atoms with van der Waals surface area (Å²) < 4.78 is 0. The van der Waals surface area contributed by atoms with Gasteiger partial charge in [0.15, 0.2) is 5.82 Å². The number of amides is 1. The summed E-state index contributed by atoms with van der Waals surface area (Å²) in [5.41, 5.74) is 0.203. The van der Waals surface area contributed by atoms with E-state index in [9.17, 15) is 4.79 Å². The maximum absolute atomic E-state index is 12.0. The van der Waals surface area contributed by atoms with Gasteiger partial charge in [0, 0.05) is 12.7 Å². The van der Waals surface area contributed by atoms with Gasteiger partial charge in [-0.1, -0.05) is 18.5 Å². The van der Waals surface area contributed by atoms with E-state index in [0.29, 0.717) is 16.7 Å². The molecule has 0 aliphatic heterocycles. The van der Waals surface area contributed by atoms with Crippen LogP contribution in [0.4, 0.5) is 11.6 Å². The Bertz CT molecular complexity index is 588. The van der Waals surface area contributed by atoms with E-state index >= 15 is 0 Å². The Hall–Kier alpha value is -2.21. The van der Waals surface area contributed by atoms with E-state index in [1.807, 2.05) is 0 Å². The van der Waals surface area contributed by atoms with Crippen LogP contribution in [0.25, 0.3) is 0 Å². The third kappa shape index (κ3) is 3.64. The molecule has 0 radical (unpaired) electrons. The molecule has 2 rings (SSSR count). The van der Waals surface area contributed by atoms with E-state index in [1.54, 1.807) is 18.3 Å². The molecule has 0 atom stereocenters. The number of pyridine rings is 1. The minimum absolute atomic E-state index is 0.203. The van der Waals surface area contributed by atoms with Crippen LogP contribution < -0.4 is 10.6 Å². The molecule has 0 aromatic carbocycles. The molecular formula is C13H14ClN5O. The molecule has 0 spiro atoms. The predicted molar refractivity (Wildman–Crippen MR) is 78.0 cm³/mol. The summed E-state index contributed by atoms with van der Waals surface area (Å²) >= 11 is 5.91.